The summed E-state index contributed by atoms with van der Waals surface area (Å²) in [5.41, 5.74) is 0.915. The summed E-state index contributed by atoms with van der Waals surface area (Å²) < 4.78 is 20.9. The molecule has 11 heteroatoms. The minimum Gasteiger partial charge on any atom is -0.467 e. The van der Waals surface area contributed by atoms with Gasteiger partial charge in [-0.1, -0.05) is 48.5 Å². The van der Waals surface area contributed by atoms with Crippen LogP contribution >= 0.6 is 0 Å². The molecule has 3 aliphatic rings. The molecule has 208 valence electrons. The van der Waals surface area contributed by atoms with Crippen molar-refractivity contribution in [3.8, 4) is 0 Å². The Morgan fingerprint density at radius 2 is 1.60 bits per heavy atom. The first kappa shape index (κ1) is 27.1. The van der Waals surface area contributed by atoms with Crippen LogP contribution in [-0.4, -0.2) is 81.6 Å². The number of fused-ring (bicyclic) bond motifs is 1. The smallest absolute Gasteiger partial charge is 0.357 e. The van der Waals surface area contributed by atoms with Crippen molar-refractivity contribution in [2.45, 2.75) is 30.5 Å². The molecule has 0 N–H and O–H groups in total. The van der Waals surface area contributed by atoms with Gasteiger partial charge in [0.2, 0.25) is 0 Å². The Kier molecular flexibility index (Phi) is 7.16. The van der Waals surface area contributed by atoms with Crippen LogP contribution in [0.25, 0.3) is 0 Å². The summed E-state index contributed by atoms with van der Waals surface area (Å²) in [6.07, 6.45) is 0.0594. The van der Waals surface area contributed by atoms with E-state index in [0.29, 0.717) is 0 Å². The molecule has 1 saturated heterocycles. The maximum atomic E-state index is 13.8. The predicted octanol–water partition coefficient (Wildman–Crippen LogP) is 1.75. The van der Waals surface area contributed by atoms with Crippen molar-refractivity contribution < 1.29 is 38.1 Å². The van der Waals surface area contributed by atoms with E-state index in [1.165, 1.54) is 26.2 Å². The molecular formula is C29H29N3O8. The molecule has 0 bridgehead atoms. The molecule has 2 aromatic carbocycles. The van der Waals surface area contributed by atoms with Crippen molar-refractivity contribution in [2.24, 2.45) is 4.99 Å². The van der Waals surface area contributed by atoms with E-state index in [9.17, 15) is 19.2 Å². The Bertz CT molecular complexity index is 1440. The van der Waals surface area contributed by atoms with Crippen LogP contribution < -0.4 is 4.90 Å². The fraction of sp³-hybridized carbons (Fsp3) is 0.345. The van der Waals surface area contributed by atoms with E-state index in [4.69, 9.17) is 18.9 Å². The number of hydrogen-bond acceptors (Lipinski definition) is 10. The van der Waals surface area contributed by atoms with Crippen molar-refractivity contribution in [1.82, 2.24) is 4.90 Å². The summed E-state index contributed by atoms with van der Waals surface area (Å²) in [5, 5.41) is 0. The van der Waals surface area contributed by atoms with E-state index in [1.807, 2.05) is 59.5 Å². The Labute approximate surface area is 231 Å². The summed E-state index contributed by atoms with van der Waals surface area (Å²) in [6.45, 7) is -0.185. The first-order chi connectivity index (χ1) is 19.3. The van der Waals surface area contributed by atoms with Crippen LogP contribution in [0.15, 0.2) is 70.9 Å². The number of methoxy groups -OCH3 is 3. The van der Waals surface area contributed by atoms with Gasteiger partial charge < -0.3 is 23.8 Å². The van der Waals surface area contributed by atoms with E-state index >= 15 is 0 Å². The van der Waals surface area contributed by atoms with Crippen LogP contribution in [0.2, 0.25) is 0 Å². The molecule has 0 radical (unpaired) electrons. The third-order valence-corrected chi connectivity index (χ3v) is 7.68. The van der Waals surface area contributed by atoms with E-state index < -0.39 is 41.3 Å². The maximum absolute atomic E-state index is 13.8. The normalized spacial score (nSPS) is 22.6. The van der Waals surface area contributed by atoms with Gasteiger partial charge in [-0.3, -0.25) is 9.69 Å². The summed E-state index contributed by atoms with van der Waals surface area (Å²) in [7, 11) is 5.40. The second-order valence-corrected chi connectivity index (χ2v) is 9.67. The molecule has 40 heavy (non-hydrogen) atoms. The number of esters is 3. The lowest BCUT2D eigenvalue weighted by molar-refractivity contribution is -0.150. The quantitative estimate of drug-likeness (QED) is 0.377. The largest absolute Gasteiger partial charge is 0.467 e. The number of anilines is 1. The fourth-order valence-corrected chi connectivity index (χ4v) is 6.07. The molecule has 1 spiro atoms. The summed E-state index contributed by atoms with van der Waals surface area (Å²) >= 11 is 0. The average molecular weight is 548 g/mol. The highest BCUT2D eigenvalue weighted by atomic mass is 16.5. The van der Waals surface area contributed by atoms with Gasteiger partial charge in [-0.15, -0.1) is 0 Å². The number of carbonyl (C=O) groups is 4. The summed E-state index contributed by atoms with van der Waals surface area (Å²) in [4.78, 5) is 60.9. The number of aliphatic imine (C=N–C) groups is 1. The lowest BCUT2D eigenvalue weighted by Gasteiger charge is -2.39. The monoisotopic (exact) mass is 547 g/mol. The van der Waals surface area contributed by atoms with Crippen molar-refractivity contribution in [1.29, 1.82) is 0 Å². The van der Waals surface area contributed by atoms with E-state index in [1.54, 1.807) is 7.05 Å². The lowest BCUT2D eigenvalue weighted by Crippen LogP contribution is -2.55. The van der Waals surface area contributed by atoms with Gasteiger partial charge in [-0.25, -0.2) is 19.4 Å². The SMILES string of the molecule is COC(=O)C1=C(C(=O)OC)C2N(C)c3ccccc3[C@@]23CC(C(=O)OC)N(C(=O)COCc2ccccc2)C3=N1. The number of ether oxygens (including phenoxy) is 4. The number of likely N-dealkylation sites (N-methyl/N-ethyl adjacent to an activating group) is 1. The molecule has 11 nitrogen and oxygen atoms in total. The minimum atomic E-state index is -1.15. The van der Waals surface area contributed by atoms with Crippen molar-refractivity contribution in [3.63, 3.8) is 0 Å². The van der Waals surface area contributed by atoms with Crippen molar-refractivity contribution in [2.75, 3.05) is 39.9 Å². The maximum Gasteiger partial charge on any atom is 0.357 e. The predicted molar refractivity (Wildman–Crippen MR) is 142 cm³/mol. The highest BCUT2D eigenvalue weighted by Crippen LogP contribution is 2.57. The Hall–Kier alpha value is -4.51. The molecule has 3 heterocycles. The fourth-order valence-electron chi connectivity index (χ4n) is 6.07. The molecule has 0 aromatic heterocycles. The van der Waals surface area contributed by atoms with Gasteiger partial charge in [0.05, 0.1) is 45.0 Å². The van der Waals surface area contributed by atoms with Crippen molar-refractivity contribution in [3.05, 3.63) is 77.0 Å². The molecular weight excluding hydrogens is 518 g/mol. The van der Waals surface area contributed by atoms with Gasteiger partial charge in [-0.2, -0.15) is 0 Å². The van der Waals surface area contributed by atoms with Crippen LogP contribution in [0.3, 0.4) is 0 Å². The Morgan fingerprint density at radius 1 is 0.925 bits per heavy atom. The zero-order chi connectivity index (χ0) is 28.6. The second-order valence-electron chi connectivity index (χ2n) is 9.67. The number of amides is 1. The zero-order valence-electron chi connectivity index (χ0n) is 22.6. The van der Waals surface area contributed by atoms with Crippen LogP contribution in [0.5, 0.6) is 0 Å². The first-order valence-corrected chi connectivity index (χ1v) is 12.6. The average Bonchev–Trinajstić information content (AvgIpc) is 3.46. The van der Waals surface area contributed by atoms with Crippen LogP contribution in [-0.2, 0) is 50.1 Å². The number of para-hydroxylation sites is 1. The summed E-state index contributed by atoms with van der Waals surface area (Å²) in [6, 6.07) is 14.8. The molecule has 1 amide bonds. The molecule has 2 unspecified atom stereocenters. The minimum absolute atomic E-state index is 0.0185. The molecule has 5 rings (SSSR count). The number of amidine groups is 1. The molecule has 1 fully saturated rings. The van der Waals surface area contributed by atoms with Gasteiger partial charge in [0.1, 0.15) is 18.5 Å². The third kappa shape index (κ3) is 4.04. The van der Waals surface area contributed by atoms with E-state index in [2.05, 4.69) is 4.99 Å². The molecule has 3 aliphatic heterocycles. The molecule has 2 aromatic rings. The van der Waals surface area contributed by atoms with Gasteiger partial charge >= 0.3 is 17.9 Å². The highest BCUT2D eigenvalue weighted by molar-refractivity contribution is 6.17. The van der Waals surface area contributed by atoms with E-state index in [0.717, 1.165) is 16.8 Å². The van der Waals surface area contributed by atoms with Crippen LogP contribution in [0, 0.1) is 0 Å². The van der Waals surface area contributed by atoms with Gasteiger partial charge in [0.15, 0.2) is 5.70 Å². The van der Waals surface area contributed by atoms with Crippen LogP contribution in [0.4, 0.5) is 5.69 Å². The Morgan fingerprint density at radius 3 is 2.27 bits per heavy atom. The van der Waals surface area contributed by atoms with Crippen molar-refractivity contribution >= 4 is 35.3 Å². The van der Waals surface area contributed by atoms with Crippen LogP contribution in [0.1, 0.15) is 17.5 Å². The standard InChI is InChI=1S/C29H29N3O8/c1-31-19-13-9-8-12-18(19)29-14-20(25(34)37-2)32(21(33)16-40-15-17-10-6-5-7-11-17)28(29)30-23(27(36)39-4)22(24(29)31)26(35)38-3/h5-13,20,24H,14-16H2,1-4H3/t20?,24?,29-/m0/s1. The van der Waals surface area contributed by atoms with Gasteiger partial charge in [-0.05, 0) is 23.6 Å². The second kappa shape index (κ2) is 10.6. The lowest BCUT2D eigenvalue weighted by atomic mass is 9.69. The highest BCUT2D eigenvalue weighted by Gasteiger charge is 2.67. The molecule has 0 saturated carbocycles. The number of carbonyl (C=O) groups excluding carboxylic acids is 4. The van der Waals surface area contributed by atoms with Gasteiger partial charge in [0, 0.05) is 12.7 Å². The zero-order valence-corrected chi connectivity index (χ0v) is 22.6. The van der Waals surface area contributed by atoms with E-state index in [-0.39, 0.29) is 36.7 Å². The Balaban J connectivity index is 1.67. The first-order valence-electron chi connectivity index (χ1n) is 12.6. The number of nitrogens with zero attached hydrogens (tertiary/aromatic N) is 3. The summed E-state index contributed by atoms with van der Waals surface area (Å²) in [5.74, 6) is -2.70. The number of rotatable bonds is 7. The third-order valence-electron chi connectivity index (χ3n) is 7.68. The topological polar surface area (TPSA) is 124 Å². The molecule has 3 atom stereocenters. The molecule has 0 aliphatic carbocycles. The number of benzene rings is 2. The van der Waals surface area contributed by atoms with Gasteiger partial charge in [0.25, 0.3) is 5.91 Å². The number of hydrogen-bond donors (Lipinski definition) is 0. The number of likely N-dealkylation sites (tertiary alicyclic amines) is 1.